The minimum Gasteiger partial charge on any atom is -0.508 e. The molecule has 0 spiro atoms. The summed E-state index contributed by atoms with van der Waals surface area (Å²) < 4.78 is 1.43. The van der Waals surface area contributed by atoms with E-state index in [4.69, 9.17) is 0 Å². The van der Waals surface area contributed by atoms with Gasteiger partial charge in [0.1, 0.15) is 11.5 Å². The maximum Gasteiger partial charge on any atom is 0.220 e. The minimum absolute atomic E-state index is 0.00324. The number of phenols is 2. The second-order valence-electron chi connectivity index (χ2n) is 6.91. The van der Waals surface area contributed by atoms with Crippen LogP contribution in [0.2, 0.25) is 0 Å². The molecule has 6 nitrogen and oxygen atoms in total. The molecule has 32 heavy (non-hydrogen) atoms. The predicted octanol–water partition coefficient (Wildman–Crippen LogP) is 4.80. The Labute approximate surface area is 213 Å². The number of amides is 2. The van der Waals surface area contributed by atoms with E-state index in [1.54, 1.807) is 39.8 Å². The highest BCUT2D eigenvalue weighted by Crippen LogP contribution is 2.25. The second-order valence-corrected chi connectivity index (χ2v) is 11.3. The van der Waals surface area contributed by atoms with Crippen LogP contribution in [0.4, 0.5) is 0 Å². The van der Waals surface area contributed by atoms with Gasteiger partial charge in [0, 0.05) is 41.9 Å². The quantitative estimate of drug-likeness (QED) is 0.193. The number of nitrogens with one attached hydrogen (secondary N) is 2. The Hall–Kier alpha value is -1.36. The molecule has 0 saturated heterocycles. The number of carbonyl (C=O) groups excluding carboxylic acids is 2. The Morgan fingerprint density at radius 1 is 0.812 bits per heavy atom. The van der Waals surface area contributed by atoms with Crippen LogP contribution in [0.15, 0.2) is 45.3 Å². The molecule has 4 N–H and O–H groups in total. The van der Waals surface area contributed by atoms with Gasteiger partial charge in [-0.15, -0.1) is 0 Å². The second kappa shape index (κ2) is 14.7. The highest BCUT2D eigenvalue weighted by molar-refractivity contribution is 9.10. The SMILES string of the molecule is O=C(CCc1ccc(O)c(Br)c1)NCCSSCCNC(=O)CCc1ccc(O)cc1Br. The van der Waals surface area contributed by atoms with Crippen molar-refractivity contribution in [2.75, 3.05) is 24.6 Å². The summed E-state index contributed by atoms with van der Waals surface area (Å²) in [4.78, 5) is 23.9. The van der Waals surface area contributed by atoms with Gasteiger partial charge in [-0.1, -0.05) is 49.7 Å². The molecule has 10 heteroatoms. The first kappa shape index (κ1) is 26.9. The molecular formula is C22H26Br2N2O4S2. The van der Waals surface area contributed by atoms with Gasteiger partial charge in [-0.2, -0.15) is 0 Å². The molecule has 0 unspecified atom stereocenters. The van der Waals surface area contributed by atoms with Crippen molar-refractivity contribution < 1.29 is 19.8 Å². The molecule has 0 aliphatic rings. The smallest absolute Gasteiger partial charge is 0.220 e. The molecule has 0 aromatic heterocycles. The number of hydrogen-bond acceptors (Lipinski definition) is 6. The zero-order valence-electron chi connectivity index (χ0n) is 17.4. The molecular weight excluding hydrogens is 580 g/mol. The van der Waals surface area contributed by atoms with Crippen LogP contribution in [0.3, 0.4) is 0 Å². The summed E-state index contributed by atoms with van der Waals surface area (Å²) in [6.07, 6.45) is 2.03. The van der Waals surface area contributed by atoms with E-state index in [1.807, 2.05) is 18.2 Å². The zero-order valence-corrected chi connectivity index (χ0v) is 22.2. The molecule has 0 fully saturated rings. The normalized spacial score (nSPS) is 10.7. The van der Waals surface area contributed by atoms with Crippen LogP contribution in [0.5, 0.6) is 11.5 Å². The van der Waals surface area contributed by atoms with Crippen molar-refractivity contribution in [1.29, 1.82) is 0 Å². The van der Waals surface area contributed by atoms with Crippen molar-refractivity contribution >= 4 is 65.3 Å². The van der Waals surface area contributed by atoms with Crippen molar-refractivity contribution in [2.24, 2.45) is 0 Å². The van der Waals surface area contributed by atoms with Crippen molar-refractivity contribution in [1.82, 2.24) is 10.6 Å². The van der Waals surface area contributed by atoms with E-state index in [1.165, 1.54) is 0 Å². The summed E-state index contributed by atoms with van der Waals surface area (Å²) in [6.45, 7) is 1.20. The topological polar surface area (TPSA) is 98.7 Å². The molecule has 0 atom stereocenters. The number of aryl methyl sites for hydroxylation is 2. The average Bonchev–Trinajstić information content (AvgIpc) is 2.75. The van der Waals surface area contributed by atoms with E-state index in [2.05, 4.69) is 42.5 Å². The van der Waals surface area contributed by atoms with Crippen LogP contribution in [0.25, 0.3) is 0 Å². The Kier molecular flexibility index (Phi) is 12.4. The van der Waals surface area contributed by atoms with Crippen LogP contribution >= 0.6 is 53.4 Å². The molecule has 0 saturated carbocycles. The maximum absolute atomic E-state index is 11.9. The third-order valence-electron chi connectivity index (χ3n) is 4.41. The third-order valence-corrected chi connectivity index (χ3v) is 8.19. The number of phenolic OH excluding ortho intramolecular Hbond substituents is 2. The van der Waals surface area contributed by atoms with Crippen molar-refractivity contribution in [2.45, 2.75) is 25.7 Å². The Morgan fingerprint density at radius 2 is 1.44 bits per heavy atom. The summed E-state index contributed by atoms with van der Waals surface area (Å²) in [5.41, 5.74) is 1.98. The highest BCUT2D eigenvalue weighted by atomic mass is 79.9. The van der Waals surface area contributed by atoms with Crippen LogP contribution in [-0.2, 0) is 22.4 Å². The van der Waals surface area contributed by atoms with E-state index in [0.717, 1.165) is 27.1 Å². The molecule has 0 aliphatic carbocycles. The van der Waals surface area contributed by atoms with Crippen molar-refractivity contribution in [3.8, 4) is 11.5 Å². The van der Waals surface area contributed by atoms with Gasteiger partial charge in [-0.05, 0) is 64.2 Å². The third kappa shape index (κ3) is 10.5. The Balaban J connectivity index is 1.45. The zero-order chi connectivity index (χ0) is 23.3. The lowest BCUT2D eigenvalue weighted by Gasteiger charge is -2.07. The molecule has 2 amide bonds. The van der Waals surface area contributed by atoms with Gasteiger partial charge in [0.15, 0.2) is 0 Å². The molecule has 0 heterocycles. The van der Waals surface area contributed by atoms with Gasteiger partial charge in [-0.25, -0.2) is 0 Å². The van der Waals surface area contributed by atoms with E-state index in [0.29, 0.717) is 43.2 Å². The van der Waals surface area contributed by atoms with Gasteiger partial charge >= 0.3 is 0 Å². The predicted molar refractivity (Wildman–Crippen MR) is 139 cm³/mol. The first-order valence-electron chi connectivity index (χ1n) is 10.1. The van der Waals surface area contributed by atoms with E-state index >= 15 is 0 Å². The van der Waals surface area contributed by atoms with Crippen LogP contribution in [0, 0.1) is 0 Å². The number of benzene rings is 2. The summed E-state index contributed by atoms with van der Waals surface area (Å²) in [5, 5.41) is 24.7. The van der Waals surface area contributed by atoms with Crippen LogP contribution in [-0.4, -0.2) is 46.6 Å². The van der Waals surface area contributed by atoms with E-state index in [-0.39, 0.29) is 23.3 Å². The number of hydrogen-bond donors (Lipinski definition) is 4. The summed E-state index contributed by atoms with van der Waals surface area (Å²) in [7, 11) is 3.33. The van der Waals surface area contributed by atoms with E-state index in [9.17, 15) is 19.8 Å². The van der Waals surface area contributed by atoms with Crippen LogP contribution < -0.4 is 10.6 Å². The number of carbonyl (C=O) groups is 2. The Morgan fingerprint density at radius 3 is 2.03 bits per heavy atom. The lowest BCUT2D eigenvalue weighted by Crippen LogP contribution is -2.26. The summed E-state index contributed by atoms with van der Waals surface area (Å²) in [5.74, 6) is 1.99. The average molecular weight is 606 g/mol. The van der Waals surface area contributed by atoms with Gasteiger partial charge in [-0.3, -0.25) is 9.59 Å². The summed E-state index contributed by atoms with van der Waals surface area (Å²) in [6, 6.07) is 10.3. The minimum atomic E-state index is 0.00324. The molecule has 2 aromatic carbocycles. The fraction of sp³-hybridized carbons (Fsp3) is 0.364. The maximum atomic E-state index is 11.9. The molecule has 0 radical (unpaired) electrons. The first-order chi connectivity index (χ1) is 15.3. The number of aromatic hydroxyl groups is 2. The largest absolute Gasteiger partial charge is 0.508 e. The van der Waals surface area contributed by atoms with Crippen LogP contribution in [0.1, 0.15) is 24.0 Å². The van der Waals surface area contributed by atoms with Gasteiger partial charge in [0.05, 0.1) is 4.47 Å². The fourth-order valence-corrected chi connectivity index (χ4v) is 5.51. The molecule has 174 valence electrons. The van der Waals surface area contributed by atoms with Gasteiger partial charge < -0.3 is 20.8 Å². The molecule has 2 aromatic rings. The molecule has 2 rings (SSSR count). The van der Waals surface area contributed by atoms with E-state index < -0.39 is 0 Å². The highest BCUT2D eigenvalue weighted by Gasteiger charge is 2.06. The van der Waals surface area contributed by atoms with Gasteiger partial charge in [0.2, 0.25) is 11.8 Å². The number of halogens is 2. The standard InChI is InChI=1S/C22H26Br2N2O4S2/c23-18-14-17(27)5-3-16(18)4-8-22(30)26-10-12-32-31-11-9-25-21(29)7-2-15-1-6-20(28)19(24)13-15/h1,3,5-6,13-14,27-28H,2,4,7-12H2,(H,25,29)(H,26,30). The lowest BCUT2D eigenvalue weighted by molar-refractivity contribution is -0.121. The molecule has 0 bridgehead atoms. The number of rotatable bonds is 13. The Bertz CT molecular complexity index is 915. The fourth-order valence-electron chi connectivity index (χ4n) is 2.71. The monoisotopic (exact) mass is 604 g/mol. The van der Waals surface area contributed by atoms with Crippen molar-refractivity contribution in [3.63, 3.8) is 0 Å². The first-order valence-corrected chi connectivity index (χ1v) is 14.1. The molecule has 0 aliphatic heterocycles. The lowest BCUT2D eigenvalue weighted by atomic mass is 10.1. The van der Waals surface area contributed by atoms with Crippen molar-refractivity contribution in [3.05, 3.63) is 56.5 Å². The van der Waals surface area contributed by atoms with Gasteiger partial charge in [0.25, 0.3) is 0 Å². The summed E-state index contributed by atoms with van der Waals surface area (Å²) >= 11 is 6.66.